The lowest BCUT2D eigenvalue weighted by atomic mass is 9.95. The third kappa shape index (κ3) is 4.07. The molecule has 1 saturated heterocycles. The molecule has 0 atom stereocenters. The van der Waals surface area contributed by atoms with Gasteiger partial charge in [-0.25, -0.2) is 0 Å². The van der Waals surface area contributed by atoms with Crippen molar-refractivity contribution in [3.05, 3.63) is 35.4 Å². The Bertz CT molecular complexity index is 450. The van der Waals surface area contributed by atoms with Crippen LogP contribution < -0.4 is 0 Å². The lowest BCUT2D eigenvalue weighted by Crippen LogP contribution is -2.38. The Hall–Kier alpha value is -1.35. The summed E-state index contributed by atoms with van der Waals surface area (Å²) >= 11 is 0. The van der Waals surface area contributed by atoms with Crippen molar-refractivity contribution in [1.29, 1.82) is 0 Å². The fourth-order valence-electron chi connectivity index (χ4n) is 2.87. The van der Waals surface area contributed by atoms with E-state index < -0.39 is 0 Å². The van der Waals surface area contributed by atoms with E-state index in [2.05, 4.69) is 36.1 Å². The van der Waals surface area contributed by atoms with E-state index in [9.17, 15) is 4.79 Å². The summed E-state index contributed by atoms with van der Waals surface area (Å²) in [5, 5.41) is 0. The third-order valence-electron chi connectivity index (χ3n) is 4.43. The molecule has 1 aromatic carbocycles. The van der Waals surface area contributed by atoms with Crippen molar-refractivity contribution >= 4 is 5.91 Å². The molecule has 0 N–H and O–H groups in total. The van der Waals surface area contributed by atoms with E-state index in [1.165, 1.54) is 24.0 Å². The average molecular weight is 274 g/mol. The van der Waals surface area contributed by atoms with Crippen LogP contribution in [0.2, 0.25) is 0 Å². The number of piperidine rings is 1. The Morgan fingerprint density at radius 1 is 1.30 bits per heavy atom. The quantitative estimate of drug-likeness (QED) is 0.843. The average Bonchev–Trinajstić information content (AvgIpc) is 2.43. The van der Waals surface area contributed by atoms with E-state index in [1.54, 1.807) is 6.92 Å². The van der Waals surface area contributed by atoms with Gasteiger partial charge in [-0.3, -0.25) is 9.69 Å². The summed E-state index contributed by atoms with van der Waals surface area (Å²) < 4.78 is 0. The van der Waals surface area contributed by atoms with Crippen LogP contribution in [0.5, 0.6) is 0 Å². The van der Waals surface area contributed by atoms with Gasteiger partial charge in [-0.2, -0.15) is 0 Å². The number of hydrogen-bond acceptors (Lipinski definition) is 2. The van der Waals surface area contributed by atoms with Crippen molar-refractivity contribution in [2.75, 3.05) is 26.7 Å². The number of carbonyl (C=O) groups is 1. The molecular formula is C17H26N2O. The highest BCUT2D eigenvalue weighted by Gasteiger charge is 2.21. The molecule has 1 aliphatic heterocycles. The summed E-state index contributed by atoms with van der Waals surface area (Å²) in [7, 11) is 1.90. The molecule has 1 amide bonds. The van der Waals surface area contributed by atoms with Crippen molar-refractivity contribution in [3.8, 4) is 0 Å². The Labute approximate surface area is 122 Å². The first-order valence-electron chi connectivity index (χ1n) is 7.55. The molecule has 2 rings (SSSR count). The number of rotatable bonds is 4. The van der Waals surface area contributed by atoms with Gasteiger partial charge >= 0.3 is 0 Å². The zero-order valence-corrected chi connectivity index (χ0v) is 12.9. The van der Waals surface area contributed by atoms with Crippen LogP contribution in [0.1, 0.15) is 30.9 Å². The Kier molecular flexibility index (Phi) is 5.18. The molecule has 1 aromatic rings. The van der Waals surface area contributed by atoms with Gasteiger partial charge in [-0.05, 0) is 49.9 Å². The fourth-order valence-corrected chi connectivity index (χ4v) is 2.87. The number of benzene rings is 1. The minimum absolute atomic E-state index is 0.173. The Morgan fingerprint density at radius 3 is 2.55 bits per heavy atom. The van der Waals surface area contributed by atoms with E-state index in [-0.39, 0.29) is 5.91 Å². The van der Waals surface area contributed by atoms with Gasteiger partial charge in [0, 0.05) is 27.1 Å². The van der Waals surface area contributed by atoms with Crippen molar-refractivity contribution < 1.29 is 4.79 Å². The van der Waals surface area contributed by atoms with Gasteiger partial charge in [0.15, 0.2) is 0 Å². The zero-order chi connectivity index (χ0) is 14.5. The second kappa shape index (κ2) is 6.89. The predicted octanol–water partition coefficient (Wildman–Crippen LogP) is 2.69. The third-order valence-corrected chi connectivity index (χ3v) is 4.43. The molecule has 1 heterocycles. The molecule has 110 valence electrons. The minimum Gasteiger partial charge on any atom is -0.346 e. The maximum absolute atomic E-state index is 11.3. The molecule has 1 fully saturated rings. The molecule has 0 bridgehead atoms. The lowest BCUT2D eigenvalue weighted by molar-refractivity contribution is -0.128. The SMILES string of the molecule is CC(=O)N(C)CC1CCN(Cc2ccccc2C)CC1. The van der Waals surface area contributed by atoms with E-state index in [0.717, 1.165) is 26.2 Å². The smallest absolute Gasteiger partial charge is 0.219 e. The fraction of sp³-hybridized carbons (Fsp3) is 0.588. The Balaban J connectivity index is 1.80. The van der Waals surface area contributed by atoms with Gasteiger partial charge in [-0.15, -0.1) is 0 Å². The van der Waals surface area contributed by atoms with Crippen LogP contribution in [0.15, 0.2) is 24.3 Å². The molecule has 0 radical (unpaired) electrons. The molecule has 0 unspecified atom stereocenters. The van der Waals surface area contributed by atoms with Crippen molar-refractivity contribution in [1.82, 2.24) is 9.80 Å². The van der Waals surface area contributed by atoms with Crippen molar-refractivity contribution in [3.63, 3.8) is 0 Å². The summed E-state index contributed by atoms with van der Waals surface area (Å²) in [4.78, 5) is 15.7. The predicted molar refractivity (Wildman–Crippen MR) is 82.5 cm³/mol. The number of likely N-dealkylation sites (tertiary alicyclic amines) is 1. The molecule has 0 saturated carbocycles. The first-order chi connectivity index (χ1) is 9.56. The summed E-state index contributed by atoms with van der Waals surface area (Å²) in [5.74, 6) is 0.837. The minimum atomic E-state index is 0.173. The highest BCUT2D eigenvalue weighted by Crippen LogP contribution is 2.20. The largest absolute Gasteiger partial charge is 0.346 e. The van der Waals surface area contributed by atoms with Crippen LogP contribution in [0.25, 0.3) is 0 Å². The monoisotopic (exact) mass is 274 g/mol. The number of aryl methyl sites for hydroxylation is 1. The van der Waals surface area contributed by atoms with Gasteiger partial charge in [0.25, 0.3) is 0 Å². The number of amides is 1. The first-order valence-corrected chi connectivity index (χ1v) is 7.55. The molecule has 1 aliphatic rings. The van der Waals surface area contributed by atoms with Crippen molar-refractivity contribution in [2.24, 2.45) is 5.92 Å². The highest BCUT2D eigenvalue weighted by molar-refractivity contribution is 5.72. The van der Waals surface area contributed by atoms with E-state index in [4.69, 9.17) is 0 Å². The van der Waals surface area contributed by atoms with Crippen LogP contribution in [0, 0.1) is 12.8 Å². The number of carbonyl (C=O) groups excluding carboxylic acids is 1. The first kappa shape index (κ1) is 15.0. The zero-order valence-electron chi connectivity index (χ0n) is 12.9. The highest BCUT2D eigenvalue weighted by atomic mass is 16.2. The molecular weight excluding hydrogens is 248 g/mol. The normalized spacial score (nSPS) is 17.1. The molecule has 3 nitrogen and oxygen atoms in total. The lowest BCUT2D eigenvalue weighted by Gasteiger charge is -2.34. The molecule has 0 spiro atoms. The van der Waals surface area contributed by atoms with Gasteiger partial charge in [0.05, 0.1) is 0 Å². The standard InChI is InChI=1S/C17H26N2O/c1-14-6-4-5-7-17(14)13-19-10-8-16(9-11-19)12-18(3)15(2)20/h4-7,16H,8-13H2,1-3H3. The van der Waals surface area contributed by atoms with Gasteiger partial charge in [0.1, 0.15) is 0 Å². The molecule has 0 aliphatic carbocycles. The summed E-state index contributed by atoms with van der Waals surface area (Å²) in [6.07, 6.45) is 2.40. The van der Waals surface area contributed by atoms with Crippen LogP contribution in [-0.4, -0.2) is 42.4 Å². The second-order valence-corrected chi connectivity index (χ2v) is 6.05. The van der Waals surface area contributed by atoms with Gasteiger partial charge in [-0.1, -0.05) is 24.3 Å². The molecule has 20 heavy (non-hydrogen) atoms. The summed E-state index contributed by atoms with van der Waals surface area (Å²) in [6, 6.07) is 8.63. The van der Waals surface area contributed by atoms with Crippen LogP contribution in [0.3, 0.4) is 0 Å². The van der Waals surface area contributed by atoms with E-state index >= 15 is 0 Å². The van der Waals surface area contributed by atoms with Crippen LogP contribution >= 0.6 is 0 Å². The topological polar surface area (TPSA) is 23.6 Å². The molecule has 0 aromatic heterocycles. The summed E-state index contributed by atoms with van der Waals surface area (Å²) in [5.41, 5.74) is 2.82. The van der Waals surface area contributed by atoms with Gasteiger partial charge in [0.2, 0.25) is 5.91 Å². The summed E-state index contributed by atoms with van der Waals surface area (Å²) in [6.45, 7) is 8.09. The van der Waals surface area contributed by atoms with Crippen molar-refractivity contribution in [2.45, 2.75) is 33.2 Å². The number of nitrogens with zero attached hydrogens (tertiary/aromatic N) is 2. The number of hydrogen-bond donors (Lipinski definition) is 0. The van der Waals surface area contributed by atoms with E-state index in [0.29, 0.717) is 5.92 Å². The maximum Gasteiger partial charge on any atom is 0.219 e. The van der Waals surface area contributed by atoms with Crippen LogP contribution in [0.4, 0.5) is 0 Å². The maximum atomic E-state index is 11.3. The Morgan fingerprint density at radius 2 is 1.95 bits per heavy atom. The van der Waals surface area contributed by atoms with E-state index in [1.807, 2.05) is 11.9 Å². The van der Waals surface area contributed by atoms with Gasteiger partial charge < -0.3 is 4.90 Å². The second-order valence-electron chi connectivity index (χ2n) is 6.05. The van der Waals surface area contributed by atoms with Crippen LogP contribution in [-0.2, 0) is 11.3 Å². The molecule has 3 heteroatoms.